The van der Waals surface area contributed by atoms with Crippen LogP contribution < -0.4 is 10.3 Å². The largest absolute Gasteiger partial charge is 0.378 e. The highest BCUT2D eigenvalue weighted by molar-refractivity contribution is 6.35. The van der Waals surface area contributed by atoms with E-state index in [-0.39, 0.29) is 16.2 Å². The predicted molar refractivity (Wildman–Crippen MR) is 88.1 cm³/mol. The first-order chi connectivity index (χ1) is 10.9. The minimum atomic E-state index is -0.584. The molecule has 0 atom stereocenters. The molecule has 0 aliphatic heterocycles. The summed E-state index contributed by atoms with van der Waals surface area (Å²) < 4.78 is 6.03. The molecule has 0 saturated heterocycles. The fraction of sp³-hybridized carbons (Fsp3) is 0. The van der Waals surface area contributed by atoms with Gasteiger partial charge in [-0.2, -0.15) is 4.52 Å². The summed E-state index contributed by atoms with van der Waals surface area (Å²) in [5, 5.41) is 1.11. The molecule has 2 aromatic carbocycles. The Labute approximate surface area is 144 Å². The zero-order chi connectivity index (χ0) is 16.6. The molecule has 1 aromatic heterocycles. The smallest absolute Gasteiger partial charge is 0.263 e. The molecule has 0 radical (unpaired) electrons. The molecule has 0 aliphatic rings. The predicted octanol–water partition coefficient (Wildman–Crippen LogP) is 3.97. The third kappa shape index (κ3) is 3.32. The molecule has 0 saturated carbocycles. The monoisotopic (exact) mass is 369 g/mol. The summed E-state index contributed by atoms with van der Waals surface area (Å²) in [4.78, 5) is 24.4. The third-order valence-electron chi connectivity index (χ3n) is 3.00. The summed E-state index contributed by atoms with van der Waals surface area (Å²) in [5.41, 5.74) is 0.124. The molecule has 0 fully saturated rings. The van der Waals surface area contributed by atoms with Crippen LogP contribution in [0.1, 0.15) is 0 Å². The molecule has 0 unspecified atom stereocenters. The topological polar surface area (TPSA) is 58.1 Å². The second-order valence-corrected chi connectivity index (χ2v) is 5.94. The summed E-state index contributed by atoms with van der Waals surface area (Å²) in [6, 6.07) is 12.1. The molecular weight excluding hydrogens is 363 g/mol. The number of hydrogen-bond acceptors (Lipinski definition) is 3. The molecule has 0 spiro atoms. The van der Waals surface area contributed by atoms with Gasteiger partial charge in [-0.1, -0.05) is 40.9 Å². The maximum atomic E-state index is 12.3. The highest BCUT2D eigenvalue weighted by Gasteiger charge is 2.18. The van der Waals surface area contributed by atoms with Gasteiger partial charge in [-0.15, -0.1) is 0 Å². The fourth-order valence-electron chi connectivity index (χ4n) is 2.07. The van der Waals surface area contributed by atoms with Gasteiger partial charge in [0.1, 0.15) is 10.6 Å². The lowest BCUT2D eigenvalue weighted by molar-refractivity contribution is -0.775. The minimum Gasteiger partial charge on any atom is -0.263 e. The highest BCUT2D eigenvalue weighted by Crippen LogP contribution is 2.25. The second kappa shape index (κ2) is 6.20. The van der Waals surface area contributed by atoms with E-state index < -0.39 is 5.56 Å². The Morgan fingerprint density at radius 2 is 1.61 bits per heavy atom. The van der Waals surface area contributed by atoms with Gasteiger partial charge < -0.3 is 0 Å². The molecule has 5 nitrogen and oxygen atoms in total. The number of nitrogens with zero attached hydrogens (tertiary/aromatic N) is 2. The van der Waals surface area contributed by atoms with Crippen LogP contribution in [0.5, 0.6) is 0 Å². The van der Waals surface area contributed by atoms with Crippen LogP contribution in [0.25, 0.3) is 17.0 Å². The van der Waals surface area contributed by atoms with Crippen molar-refractivity contribution in [3.8, 4) is 17.0 Å². The Morgan fingerprint density at radius 1 is 0.913 bits per heavy atom. The van der Waals surface area contributed by atoms with Crippen molar-refractivity contribution in [3.05, 3.63) is 78.9 Å². The number of benzene rings is 2. The van der Waals surface area contributed by atoms with Gasteiger partial charge in [0, 0.05) is 25.3 Å². The summed E-state index contributed by atoms with van der Waals surface area (Å²) in [6.45, 7) is 0. The summed E-state index contributed by atoms with van der Waals surface area (Å²) in [6.07, 6.45) is 0. The molecule has 116 valence electrons. The van der Waals surface area contributed by atoms with E-state index in [1.165, 1.54) is 30.3 Å². The van der Waals surface area contributed by atoms with Crippen molar-refractivity contribution < 1.29 is 9.24 Å². The van der Waals surface area contributed by atoms with Crippen molar-refractivity contribution in [2.24, 2.45) is 0 Å². The average molecular weight is 371 g/mol. The fourth-order valence-corrected chi connectivity index (χ4v) is 2.78. The van der Waals surface area contributed by atoms with Crippen LogP contribution in [-0.2, 0) is 0 Å². The highest BCUT2D eigenvalue weighted by atomic mass is 35.5. The Bertz CT molecular complexity index is 960. The average Bonchev–Trinajstić information content (AvgIpc) is 2.45. The quantitative estimate of drug-likeness (QED) is 0.686. The Morgan fingerprint density at radius 3 is 2.22 bits per heavy atom. The van der Waals surface area contributed by atoms with Crippen LogP contribution >= 0.6 is 34.8 Å². The van der Waals surface area contributed by atoms with Crippen molar-refractivity contribution in [3.63, 3.8) is 0 Å². The SMILES string of the molecule is O=c1cc(-c2cc(Cl)cc(Cl)c2)o[n+](=O)n1-c1cccc(Cl)c1. The first-order valence-electron chi connectivity index (χ1n) is 6.37. The van der Waals surface area contributed by atoms with E-state index in [1.54, 1.807) is 18.2 Å². The summed E-state index contributed by atoms with van der Waals surface area (Å²) in [7, 11) is 0. The third-order valence-corrected chi connectivity index (χ3v) is 3.67. The van der Waals surface area contributed by atoms with Gasteiger partial charge in [0.05, 0.1) is 6.07 Å². The number of aromatic nitrogens is 2. The van der Waals surface area contributed by atoms with Crippen LogP contribution in [-0.4, -0.2) is 4.68 Å². The van der Waals surface area contributed by atoms with E-state index in [2.05, 4.69) is 0 Å². The molecule has 8 heteroatoms. The minimum absolute atomic E-state index is 0.0488. The first-order valence-corrected chi connectivity index (χ1v) is 7.50. The Kier molecular flexibility index (Phi) is 4.26. The maximum Gasteiger partial charge on any atom is 0.378 e. The number of hydrogen-bond donors (Lipinski definition) is 0. The molecule has 0 aliphatic carbocycles. The van der Waals surface area contributed by atoms with Gasteiger partial charge in [-0.05, 0) is 36.4 Å². The van der Waals surface area contributed by atoms with Crippen LogP contribution in [0.3, 0.4) is 0 Å². The van der Waals surface area contributed by atoms with Crippen molar-refractivity contribution in [2.75, 3.05) is 0 Å². The van der Waals surface area contributed by atoms with Crippen molar-refractivity contribution in [2.45, 2.75) is 0 Å². The van der Waals surface area contributed by atoms with Crippen LogP contribution in [0.2, 0.25) is 15.1 Å². The van der Waals surface area contributed by atoms with Crippen molar-refractivity contribution >= 4 is 34.8 Å². The molecule has 1 heterocycles. The lowest BCUT2D eigenvalue weighted by Gasteiger charge is -2.00. The Hall–Kier alpha value is -2.08. The molecular formula is C15H8Cl3N2O3+. The molecule has 3 aromatic rings. The van der Waals surface area contributed by atoms with Gasteiger partial charge in [0.2, 0.25) is 5.76 Å². The molecule has 0 bridgehead atoms. The number of halogens is 3. The van der Waals surface area contributed by atoms with Crippen molar-refractivity contribution in [1.29, 1.82) is 0 Å². The van der Waals surface area contributed by atoms with E-state index in [0.29, 0.717) is 20.6 Å². The van der Waals surface area contributed by atoms with Crippen LogP contribution in [0.15, 0.2) is 57.8 Å². The van der Waals surface area contributed by atoms with Gasteiger partial charge in [0.15, 0.2) is 0 Å². The standard InChI is InChI=1S/C15H8Cl3N2O3/c16-10-2-1-3-13(7-10)19-15(21)8-14(23-20(19)22)9-4-11(17)6-12(18)5-9/h1-8H/q+1. The zero-order valence-electron chi connectivity index (χ0n) is 11.4. The molecule has 3 rings (SSSR count). The van der Waals surface area contributed by atoms with Crippen LogP contribution in [0, 0.1) is 4.91 Å². The zero-order valence-corrected chi connectivity index (χ0v) is 13.6. The van der Waals surface area contributed by atoms with Crippen LogP contribution in [0.4, 0.5) is 0 Å². The van der Waals surface area contributed by atoms with Gasteiger partial charge in [0.25, 0.3) is 0 Å². The van der Waals surface area contributed by atoms with Gasteiger partial charge in [-0.25, -0.2) is 0 Å². The van der Waals surface area contributed by atoms with Gasteiger partial charge in [-0.3, -0.25) is 4.79 Å². The van der Waals surface area contributed by atoms with Crippen molar-refractivity contribution in [1.82, 2.24) is 4.68 Å². The summed E-state index contributed by atoms with van der Waals surface area (Å²) >= 11 is 17.7. The maximum absolute atomic E-state index is 12.3. The Balaban J connectivity index is 2.18. The normalized spacial score (nSPS) is 10.7. The number of rotatable bonds is 2. The van der Waals surface area contributed by atoms with E-state index in [4.69, 9.17) is 39.3 Å². The lowest BCUT2D eigenvalue weighted by Crippen LogP contribution is -2.39. The van der Waals surface area contributed by atoms with Gasteiger partial charge >= 0.3 is 10.3 Å². The molecule has 0 N–H and O–H groups in total. The van der Waals surface area contributed by atoms with E-state index in [9.17, 15) is 9.70 Å². The first kappa shape index (κ1) is 15.8. The van der Waals surface area contributed by atoms with E-state index >= 15 is 0 Å². The molecule has 0 amide bonds. The second-order valence-electron chi connectivity index (χ2n) is 4.63. The molecule has 23 heavy (non-hydrogen) atoms. The van der Waals surface area contributed by atoms with E-state index in [1.807, 2.05) is 0 Å². The summed E-state index contributed by atoms with van der Waals surface area (Å²) in [5.74, 6) is 0.0488. The lowest BCUT2D eigenvalue weighted by atomic mass is 10.2. The van der Waals surface area contributed by atoms with E-state index in [0.717, 1.165) is 4.68 Å².